The van der Waals surface area contributed by atoms with E-state index in [1.165, 1.54) is 0 Å². The van der Waals surface area contributed by atoms with Crippen LogP contribution in [-0.4, -0.2) is 19.4 Å². The van der Waals surface area contributed by atoms with E-state index in [-0.39, 0.29) is 10.9 Å². The highest BCUT2D eigenvalue weighted by molar-refractivity contribution is 7.89. The fourth-order valence-electron chi connectivity index (χ4n) is 1.68. The molecule has 0 radical (unpaired) electrons. The number of nitrogens with one attached hydrogen (secondary N) is 1. The number of rotatable bonds is 4. The SMILES string of the molecule is Cc1nc(-c2ccc(S(=O)(=O)NC(C)C)cc2)co1. The molecule has 0 aliphatic carbocycles. The third-order valence-electron chi connectivity index (χ3n) is 2.47. The van der Waals surface area contributed by atoms with Gasteiger partial charge in [0.15, 0.2) is 5.89 Å². The molecule has 2 rings (SSSR count). The molecule has 0 aliphatic rings. The minimum Gasteiger partial charge on any atom is -0.449 e. The van der Waals surface area contributed by atoms with Crippen LogP contribution in [0.15, 0.2) is 39.8 Å². The number of sulfonamides is 1. The van der Waals surface area contributed by atoms with Gasteiger partial charge in [0.05, 0.1) is 4.90 Å². The van der Waals surface area contributed by atoms with Crippen LogP contribution in [0.2, 0.25) is 0 Å². The van der Waals surface area contributed by atoms with Crippen LogP contribution in [0, 0.1) is 6.92 Å². The van der Waals surface area contributed by atoms with Gasteiger partial charge in [0.2, 0.25) is 10.0 Å². The van der Waals surface area contributed by atoms with Crippen molar-refractivity contribution in [2.45, 2.75) is 31.7 Å². The van der Waals surface area contributed by atoms with E-state index in [0.29, 0.717) is 11.6 Å². The van der Waals surface area contributed by atoms with Crippen LogP contribution >= 0.6 is 0 Å². The number of nitrogens with zero attached hydrogens (tertiary/aromatic N) is 1. The van der Waals surface area contributed by atoms with Crippen LogP contribution in [0.25, 0.3) is 11.3 Å². The summed E-state index contributed by atoms with van der Waals surface area (Å²) in [7, 11) is -3.45. The maximum Gasteiger partial charge on any atom is 0.240 e. The Morgan fingerprint density at radius 3 is 2.32 bits per heavy atom. The summed E-state index contributed by atoms with van der Waals surface area (Å²) in [6, 6.07) is 6.41. The largest absolute Gasteiger partial charge is 0.449 e. The smallest absolute Gasteiger partial charge is 0.240 e. The standard InChI is InChI=1S/C13H16N2O3S/c1-9(2)15-19(16,17)12-6-4-11(5-7-12)13-8-18-10(3)14-13/h4-9,15H,1-3H3. The van der Waals surface area contributed by atoms with Crippen molar-refractivity contribution in [3.05, 3.63) is 36.4 Å². The van der Waals surface area contributed by atoms with Gasteiger partial charge < -0.3 is 4.42 Å². The average molecular weight is 280 g/mol. The minimum atomic E-state index is -3.45. The van der Waals surface area contributed by atoms with Gasteiger partial charge in [0, 0.05) is 18.5 Å². The molecule has 19 heavy (non-hydrogen) atoms. The molecule has 6 heteroatoms. The molecule has 0 unspecified atom stereocenters. The summed E-state index contributed by atoms with van der Waals surface area (Å²) in [5.41, 5.74) is 1.51. The van der Waals surface area contributed by atoms with Gasteiger partial charge in [-0.15, -0.1) is 0 Å². The predicted molar refractivity (Wildman–Crippen MR) is 72.1 cm³/mol. The molecule has 2 aromatic rings. The molecule has 0 atom stereocenters. The number of hydrogen-bond donors (Lipinski definition) is 1. The lowest BCUT2D eigenvalue weighted by atomic mass is 10.2. The summed E-state index contributed by atoms with van der Waals surface area (Å²) in [6.45, 7) is 5.32. The molecule has 5 nitrogen and oxygen atoms in total. The lowest BCUT2D eigenvalue weighted by molar-refractivity contribution is 0.521. The zero-order chi connectivity index (χ0) is 14.0. The molecule has 0 bridgehead atoms. The second-order valence-electron chi connectivity index (χ2n) is 4.55. The van der Waals surface area contributed by atoms with Gasteiger partial charge in [0.25, 0.3) is 0 Å². The van der Waals surface area contributed by atoms with Gasteiger partial charge in [-0.3, -0.25) is 0 Å². The second-order valence-corrected chi connectivity index (χ2v) is 6.27. The summed E-state index contributed by atoms with van der Waals surface area (Å²) >= 11 is 0. The van der Waals surface area contributed by atoms with Crippen LogP contribution in [0.3, 0.4) is 0 Å². The van der Waals surface area contributed by atoms with Crippen LogP contribution < -0.4 is 4.72 Å². The van der Waals surface area contributed by atoms with Gasteiger partial charge in [-0.05, 0) is 26.0 Å². The van der Waals surface area contributed by atoms with Crippen molar-refractivity contribution in [2.24, 2.45) is 0 Å². The summed E-state index contributed by atoms with van der Waals surface area (Å²) in [6.07, 6.45) is 1.55. The first-order chi connectivity index (χ1) is 8.88. The molecule has 1 aromatic carbocycles. The topological polar surface area (TPSA) is 72.2 Å². The number of oxazole rings is 1. The van der Waals surface area contributed by atoms with Gasteiger partial charge in [-0.2, -0.15) is 0 Å². The monoisotopic (exact) mass is 280 g/mol. The zero-order valence-corrected chi connectivity index (χ0v) is 11.9. The van der Waals surface area contributed by atoms with E-state index in [9.17, 15) is 8.42 Å². The number of benzene rings is 1. The molecule has 0 saturated heterocycles. The fourth-order valence-corrected chi connectivity index (χ4v) is 2.93. The molecule has 0 saturated carbocycles. The Morgan fingerprint density at radius 2 is 1.84 bits per heavy atom. The van der Waals surface area contributed by atoms with E-state index in [4.69, 9.17) is 4.42 Å². The Labute approximate surface area is 112 Å². The van der Waals surface area contributed by atoms with E-state index in [0.717, 1.165) is 5.56 Å². The second kappa shape index (κ2) is 5.14. The van der Waals surface area contributed by atoms with Crippen LogP contribution in [0.1, 0.15) is 19.7 Å². The number of hydrogen-bond acceptors (Lipinski definition) is 4. The minimum absolute atomic E-state index is 0.136. The summed E-state index contributed by atoms with van der Waals surface area (Å²) < 4.78 is 31.6. The van der Waals surface area contributed by atoms with Gasteiger partial charge in [0.1, 0.15) is 12.0 Å². The first-order valence-corrected chi connectivity index (χ1v) is 7.42. The number of aryl methyl sites for hydroxylation is 1. The Hall–Kier alpha value is -1.66. The third-order valence-corrected chi connectivity index (χ3v) is 4.14. The molecular weight excluding hydrogens is 264 g/mol. The average Bonchev–Trinajstić information content (AvgIpc) is 2.74. The third kappa shape index (κ3) is 3.21. The lowest BCUT2D eigenvalue weighted by Gasteiger charge is -2.09. The van der Waals surface area contributed by atoms with Gasteiger partial charge >= 0.3 is 0 Å². The fraction of sp³-hybridized carbons (Fsp3) is 0.308. The molecule has 1 N–H and O–H groups in total. The van der Waals surface area contributed by atoms with E-state index in [1.54, 1.807) is 51.3 Å². The first kappa shape index (κ1) is 13.8. The highest BCUT2D eigenvalue weighted by Gasteiger charge is 2.15. The van der Waals surface area contributed by atoms with Crippen molar-refractivity contribution in [1.29, 1.82) is 0 Å². The molecule has 0 fully saturated rings. The maximum atomic E-state index is 11.9. The van der Waals surface area contributed by atoms with Crippen molar-refractivity contribution >= 4 is 10.0 Å². The number of aromatic nitrogens is 1. The summed E-state index contributed by atoms with van der Waals surface area (Å²) in [4.78, 5) is 4.43. The van der Waals surface area contributed by atoms with Crippen LogP contribution in [0.4, 0.5) is 0 Å². The molecular formula is C13H16N2O3S. The zero-order valence-electron chi connectivity index (χ0n) is 11.0. The quantitative estimate of drug-likeness (QED) is 0.933. The summed E-state index contributed by atoms with van der Waals surface area (Å²) in [5, 5.41) is 0. The van der Waals surface area contributed by atoms with Crippen molar-refractivity contribution in [3.8, 4) is 11.3 Å². The predicted octanol–water partition coefficient (Wildman–Crippen LogP) is 2.34. The van der Waals surface area contributed by atoms with E-state index in [2.05, 4.69) is 9.71 Å². The molecule has 0 spiro atoms. The van der Waals surface area contributed by atoms with Gasteiger partial charge in [-0.1, -0.05) is 12.1 Å². The Morgan fingerprint density at radius 1 is 1.21 bits per heavy atom. The van der Waals surface area contributed by atoms with E-state index in [1.807, 2.05) is 0 Å². The van der Waals surface area contributed by atoms with E-state index >= 15 is 0 Å². The highest BCUT2D eigenvalue weighted by Crippen LogP contribution is 2.20. The lowest BCUT2D eigenvalue weighted by Crippen LogP contribution is -2.30. The van der Waals surface area contributed by atoms with E-state index < -0.39 is 10.0 Å². The van der Waals surface area contributed by atoms with Crippen molar-refractivity contribution in [3.63, 3.8) is 0 Å². The first-order valence-electron chi connectivity index (χ1n) is 5.93. The molecule has 1 aromatic heterocycles. The Balaban J connectivity index is 2.28. The van der Waals surface area contributed by atoms with Crippen molar-refractivity contribution in [2.75, 3.05) is 0 Å². The summed E-state index contributed by atoms with van der Waals surface area (Å²) in [5.74, 6) is 0.577. The maximum absolute atomic E-state index is 11.9. The molecule has 0 amide bonds. The molecule has 1 heterocycles. The van der Waals surface area contributed by atoms with Crippen molar-refractivity contribution in [1.82, 2.24) is 9.71 Å². The van der Waals surface area contributed by atoms with Crippen molar-refractivity contribution < 1.29 is 12.8 Å². The molecule has 0 aliphatic heterocycles. The Kier molecular flexibility index (Phi) is 3.73. The van der Waals surface area contributed by atoms with Gasteiger partial charge in [-0.25, -0.2) is 18.1 Å². The van der Waals surface area contributed by atoms with Crippen LogP contribution in [0.5, 0.6) is 0 Å². The Bertz CT molecular complexity index is 657. The highest BCUT2D eigenvalue weighted by atomic mass is 32.2. The van der Waals surface area contributed by atoms with Crippen LogP contribution in [-0.2, 0) is 10.0 Å². The molecule has 102 valence electrons. The normalized spacial score (nSPS) is 12.0.